The average molecular weight is 358 g/mol. The molecule has 2 rings (SSSR count). The maximum atomic E-state index is 12.0. The van der Waals surface area contributed by atoms with Crippen LogP contribution in [0.1, 0.15) is 28.4 Å². The topological polar surface area (TPSA) is 71.1 Å². The highest BCUT2D eigenvalue weighted by Gasteiger charge is 2.16. The van der Waals surface area contributed by atoms with Crippen LogP contribution in [-0.4, -0.2) is 33.3 Å². The van der Waals surface area contributed by atoms with Gasteiger partial charge in [-0.1, -0.05) is 6.07 Å². The van der Waals surface area contributed by atoms with Gasteiger partial charge in [-0.05, 0) is 54.3 Å². The van der Waals surface area contributed by atoms with Gasteiger partial charge in [0.15, 0.2) is 0 Å². The van der Waals surface area contributed by atoms with Crippen molar-refractivity contribution in [1.82, 2.24) is 0 Å². The van der Waals surface area contributed by atoms with Crippen LogP contribution in [0.25, 0.3) is 0 Å². The van der Waals surface area contributed by atoms with Gasteiger partial charge in [-0.3, -0.25) is 4.79 Å². The second-order valence-corrected chi connectivity index (χ2v) is 5.59. The third kappa shape index (κ3) is 4.75. The molecule has 2 aromatic rings. The van der Waals surface area contributed by atoms with Crippen molar-refractivity contribution in [3.05, 3.63) is 53.1 Å². The van der Waals surface area contributed by atoms with Crippen molar-refractivity contribution in [1.29, 1.82) is 0 Å². The summed E-state index contributed by atoms with van der Waals surface area (Å²) in [5.74, 6) is 0.662. The van der Waals surface area contributed by atoms with Crippen molar-refractivity contribution in [3.63, 3.8) is 0 Å². The Labute approximate surface area is 152 Å². The molecule has 26 heavy (non-hydrogen) atoms. The molecule has 0 aliphatic heterocycles. The number of rotatable bonds is 7. The summed E-state index contributed by atoms with van der Waals surface area (Å²) in [6.45, 7) is 1.28. The van der Waals surface area contributed by atoms with Crippen molar-refractivity contribution in [2.45, 2.75) is 19.8 Å². The van der Waals surface area contributed by atoms with Crippen LogP contribution < -0.4 is 14.2 Å². The van der Waals surface area contributed by atoms with Crippen LogP contribution in [0.3, 0.4) is 0 Å². The molecule has 0 aromatic heterocycles. The predicted molar refractivity (Wildman–Crippen MR) is 96.0 cm³/mol. The molecule has 2 aromatic carbocycles. The van der Waals surface area contributed by atoms with Crippen molar-refractivity contribution in [2.75, 3.05) is 21.3 Å². The fraction of sp³-hybridized carbons (Fsp3) is 0.300. The molecule has 0 atom stereocenters. The first-order valence-electron chi connectivity index (χ1n) is 8.09. The smallest absolute Gasteiger partial charge is 0.341 e. The molecule has 0 N–H and O–H groups in total. The summed E-state index contributed by atoms with van der Waals surface area (Å²) >= 11 is 0. The van der Waals surface area contributed by atoms with E-state index in [1.807, 2.05) is 24.3 Å². The van der Waals surface area contributed by atoms with Crippen LogP contribution >= 0.6 is 0 Å². The number of hydrogen-bond donors (Lipinski definition) is 0. The molecule has 0 fully saturated rings. The summed E-state index contributed by atoms with van der Waals surface area (Å²) in [5.41, 5.74) is 2.12. The molecule has 0 unspecified atom stereocenters. The zero-order chi connectivity index (χ0) is 19.1. The van der Waals surface area contributed by atoms with Gasteiger partial charge >= 0.3 is 11.9 Å². The summed E-state index contributed by atoms with van der Waals surface area (Å²) in [4.78, 5) is 23.2. The van der Waals surface area contributed by atoms with Gasteiger partial charge in [-0.2, -0.15) is 0 Å². The fourth-order valence-corrected chi connectivity index (χ4v) is 2.60. The Morgan fingerprint density at radius 2 is 1.62 bits per heavy atom. The average Bonchev–Trinajstić information content (AvgIpc) is 2.65. The summed E-state index contributed by atoms with van der Waals surface area (Å²) in [6, 6.07) is 10.7. The second-order valence-electron chi connectivity index (χ2n) is 5.59. The number of esters is 2. The third-order valence-corrected chi connectivity index (χ3v) is 3.87. The molecule has 6 nitrogen and oxygen atoms in total. The first-order valence-corrected chi connectivity index (χ1v) is 8.09. The molecule has 6 heteroatoms. The summed E-state index contributed by atoms with van der Waals surface area (Å²) < 4.78 is 20.5. The number of methoxy groups -OCH3 is 3. The van der Waals surface area contributed by atoms with Gasteiger partial charge in [0.25, 0.3) is 0 Å². The number of aryl methyl sites for hydroxylation is 2. The third-order valence-electron chi connectivity index (χ3n) is 3.87. The van der Waals surface area contributed by atoms with E-state index in [9.17, 15) is 9.59 Å². The van der Waals surface area contributed by atoms with Gasteiger partial charge in [0.05, 0.1) is 21.3 Å². The minimum atomic E-state index is -0.554. The molecule has 0 saturated heterocycles. The number of ether oxygens (including phenoxy) is 4. The molecule has 0 amide bonds. The molecule has 0 saturated carbocycles. The van der Waals surface area contributed by atoms with Crippen LogP contribution in [0.4, 0.5) is 0 Å². The zero-order valence-corrected chi connectivity index (χ0v) is 15.3. The van der Waals surface area contributed by atoms with Crippen molar-refractivity contribution in [3.8, 4) is 17.2 Å². The van der Waals surface area contributed by atoms with Crippen LogP contribution in [-0.2, 0) is 22.4 Å². The van der Waals surface area contributed by atoms with Crippen LogP contribution in [0.15, 0.2) is 36.4 Å². The lowest BCUT2D eigenvalue weighted by molar-refractivity contribution is -0.131. The Morgan fingerprint density at radius 1 is 0.885 bits per heavy atom. The van der Waals surface area contributed by atoms with E-state index in [0.717, 1.165) is 22.6 Å². The first kappa shape index (κ1) is 19.3. The van der Waals surface area contributed by atoms with E-state index in [1.165, 1.54) is 14.0 Å². The fourth-order valence-electron chi connectivity index (χ4n) is 2.60. The number of hydrogen-bond acceptors (Lipinski definition) is 6. The van der Waals surface area contributed by atoms with E-state index in [0.29, 0.717) is 12.8 Å². The highest BCUT2D eigenvalue weighted by molar-refractivity contribution is 5.93. The predicted octanol–water partition coefficient (Wildman–Crippen LogP) is 3.20. The molecule has 0 bridgehead atoms. The largest absolute Gasteiger partial charge is 0.497 e. The highest BCUT2D eigenvalue weighted by atomic mass is 16.5. The van der Waals surface area contributed by atoms with Crippen LogP contribution in [0.5, 0.6) is 17.2 Å². The Kier molecular flexibility index (Phi) is 6.60. The van der Waals surface area contributed by atoms with Crippen LogP contribution in [0.2, 0.25) is 0 Å². The van der Waals surface area contributed by atoms with Crippen molar-refractivity contribution >= 4 is 11.9 Å². The van der Waals surface area contributed by atoms with Gasteiger partial charge in [0.1, 0.15) is 22.8 Å². The molecule has 0 aliphatic rings. The Balaban J connectivity index is 2.25. The number of carbonyl (C=O) groups excluding carboxylic acids is 2. The quantitative estimate of drug-likeness (QED) is 0.559. The zero-order valence-electron chi connectivity index (χ0n) is 15.3. The number of benzene rings is 2. The van der Waals surface area contributed by atoms with Gasteiger partial charge in [0.2, 0.25) is 0 Å². The second kappa shape index (κ2) is 8.89. The van der Waals surface area contributed by atoms with E-state index in [-0.39, 0.29) is 11.3 Å². The molecule has 138 valence electrons. The van der Waals surface area contributed by atoms with E-state index in [4.69, 9.17) is 18.9 Å². The lowest BCUT2D eigenvalue weighted by Gasteiger charge is -2.12. The summed E-state index contributed by atoms with van der Waals surface area (Å²) in [5, 5.41) is 0. The van der Waals surface area contributed by atoms with Gasteiger partial charge in [0, 0.05) is 6.92 Å². The Bertz CT molecular complexity index is 797. The Hall–Kier alpha value is -3.02. The maximum Gasteiger partial charge on any atom is 0.341 e. The highest BCUT2D eigenvalue weighted by Crippen LogP contribution is 2.27. The summed E-state index contributed by atoms with van der Waals surface area (Å²) in [7, 11) is 4.52. The summed E-state index contributed by atoms with van der Waals surface area (Å²) in [6.07, 6.45) is 1.35. The molecule has 0 aliphatic carbocycles. The standard InChI is InChI=1S/C20H22O6/c1-13(21)26-19-9-6-14(11-17(19)20(22)25-4)5-7-15-12-16(23-2)8-10-18(15)24-3/h6,8-12H,5,7H2,1-4H3. The van der Waals surface area contributed by atoms with Crippen molar-refractivity contribution in [2.24, 2.45) is 0 Å². The normalized spacial score (nSPS) is 10.2. The lowest BCUT2D eigenvalue weighted by Crippen LogP contribution is -2.09. The first-order chi connectivity index (χ1) is 12.5. The minimum Gasteiger partial charge on any atom is -0.497 e. The molecule has 0 radical (unpaired) electrons. The molecule has 0 spiro atoms. The Morgan fingerprint density at radius 3 is 2.23 bits per heavy atom. The van der Waals surface area contributed by atoms with E-state index in [1.54, 1.807) is 26.4 Å². The van der Waals surface area contributed by atoms with Crippen molar-refractivity contribution < 1.29 is 28.5 Å². The van der Waals surface area contributed by atoms with E-state index in [2.05, 4.69) is 0 Å². The monoisotopic (exact) mass is 358 g/mol. The minimum absolute atomic E-state index is 0.187. The van der Waals surface area contributed by atoms with Gasteiger partial charge < -0.3 is 18.9 Å². The van der Waals surface area contributed by atoms with Crippen LogP contribution in [0, 0.1) is 0 Å². The maximum absolute atomic E-state index is 12.0. The molecular weight excluding hydrogens is 336 g/mol. The number of carbonyl (C=O) groups is 2. The van der Waals surface area contributed by atoms with E-state index < -0.39 is 11.9 Å². The lowest BCUT2D eigenvalue weighted by atomic mass is 10.0. The SMILES string of the molecule is COC(=O)c1cc(CCc2cc(OC)ccc2OC)ccc1OC(C)=O. The molecular formula is C20H22O6. The van der Waals surface area contributed by atoms with Gasteiger partial charge in [-0.15, -0.1) is 0 Å². The molecule has 0 heterocycles. The van der Waals surface area contributed by atoms with E-state index >= 15 is 0 Å². The van der Waals surface area contributed by atoms with Gasteiger partial charge in [-0.25, -0.2) is 4.79 Å².